The molecule has 0 atom stereocenters. The van der Waals surface area contributed by atoms with Gasteiger partial charge in [0.1, 0.15) is 5.76 Å². The smallest absolute Gasteiger partial charge is 0.371 e. The van der Waals surface area contributed by atoms with Crippen LogP contribution in [0.1, 0.15) is 30.2 Å². The average molecular weight is 227 g/mol. The highest BCUT2D eigenvalue weighted by Crippen LogP contribution is 2.07. The number of aromatic carboxylic acids is 1. The lowest BCUT2D eigenvalue weighted by Crippen LogP contribution is -2.20. The summed E-state index contributed by atoms with van der Waals surface area (Å²) in [6.45, 7) is 5.80. The van der Waals surface area contributed by atoms with Crippen LogP contribution in [0.4, 0.5) is 0 Å². The summed E-state index contributed by atoms with van der Waals surface area (Å²) in [6.07, 6.45) is 0.226. The Balaban J connectivity index is 2.19. The molecule has 0 spiro atoms. The molecule has 0 saturated carbocycles. The summed E-state index contributed by atoms with van der Waals surface area (Å²) in [7, 11) is 0. The van der Waals surface area contributed by atoms with Gasteiger partial charge in [0, 0.05) is 6.54 Å². The third kappa shape index (κ3) is 4.46. The lowest BCUT2D eigenvalue weighted by molar-refractivity contribution is 0.0658. The Morgan fingerprint density at radius 3 is 2.88 bits per heavy atom. The van der Waals surface area contributed by atoms with Gasteiger partial charge in [-0.3, -0.25) is 0 Å². The third-order valence-electron chi connectivity index (χ3n) is 1.90. The number of carboxylic acids is 1. The van der Waals surface area contributed by atoms with Crippen LogP contribution >= 0.6 is 0 Å². The predicted molar refractivity (Wildman–Crippen MR) is 58.5 cm³/mol. The molecular weight excluding hydrogens is 210 g/mol. The minimum absolute atomic E-state index is 0.0322. The molecular formula is C11H17NO4. The van der Waals surface area contributed by atoms with E-state index in [9.17, 15) is 4.79 Å². The predicted octanol–water partition coefficient (Wildman–Crippen LogP) is 1.49. The molecule has 0 saturated heterocycles. The molecule has 0 aromatic carbocycles. The first-order chi connectivity index (χ1) is 7.59. The van der Waals surface area contributed by atoms with Crippen LogP contribution in [0, 0.1) is 0 Å². The van der Waals surface area contributed by atoms with Gasteiger partial charge in [-0.05, 0) is 26.0 Å². The standard InChI is InChI=1S/C11H17NO4/c1-8(2)15-6-5-12-7-9-3-4-10(16-9)11(13)14/h3-4,8,12H,5-7H2,1-2H3,(H,13,14). The van der Waals surface area contributed by atoms with Gasteiger partial charge in [-0.25, -0.2) is 4.79 Å². The van der Waals surface area contributed by atoms with Crippen LogP contribution in [-0.4, -0.2) is 30.3 Å². The monoisotopic (exact) mass is 227 g/mol. The van der Waals surface area contributed by atoms with Crippen molar-refractivity contribution in [2.24, 2.45) is 0 Å². The lowest BCUT2D eigenvalue weighted by Gasteiger charge is -2.07. The van der Waals surface area contributed by atoms with Gasteiger partial charge in [0.2, 0.25) is 5.76 Å². The van der Waals surface area contributed by atoms with Crippen LogP contribution in [0.15, 0.2) is 16.5 Å². The van der Waals surface area contributed by atoms with Crippen molar-refractivity contribution in [3.63, 3.8) is 0 Å². The van der Waals surface area contributed by atoms with E-state index in [0.29, 0.717) is 25.5 Å². The summed E-state index contributed by atoms with van der Waals surface area (Å²) < 4.78 is 10.4. The number of nitrogens with one attached hydrogen (secondary N) is 1. The molecule has 1 aromatic rings. The van der Waals surface area contributed by atoms with Gasteiger partial charge in [-0.1, -0.05) is 0 Å². The zero-order valence-corrected chi connectivity index (χ0v) is 9.53. The van der Waals surface area contributed by atoms with Crippen LogP contribution < -0.4 is 5.32 Å². The number of furan rings is 1. The van der Waals surface area contributed by atoms with E-state index in [4.69, 9.17) is 14.3 Å². The molecule has 0 aliphatic carbocycles. The van der Waals surface area contributed by atoms with E-state index >= 15 is 0 Å². The fraction of sp³-hybridized carbons (Fsp3) is 0.545. The van der Waals surface area contributed by atoms with E-state index in [2.05, 4.69) is 5.32 Å². The largest absolute Gasteiger partial charge is 0.475 e. The number of hydrogen-bond donors (Lipinski definition) is 2. The Labute approximate surface area is 94.4 Å². The molecule has 1 heterocycles. The molecule has 16 heavy (non-hydrogen) atoms. The molecule has 5 heteroatoms. The van der Waals surface area contributed by atoms with Crippen molar-refractivity contribution >= 4 is 5.97 Å². The van der Waals surface area contributed by atoms with Crippen molar-refractivity contribution in [1.29, 1.82) is 0 Å². The first-order valence-corrected chi connectivity index (χ1v) is 5.24. The molecule has 0 radical (unpaired) electrons. The summed E-state index contributed by atoms with van der Waals surface area (Å²) in [5.74, 6) is -0.466. The SMILES string of the molecule is CC(C)OCCNCc1ccc(C(=O)O)o1. The molecule has 1 aromatic heterocycles. The molecule has 2 N–H and O–H groups in total. The van der Waals surface area contributed by atoms with Crippen LogP contribution in [0.3, 0.4) is 0 Å². The Bertz CT molecular complexity index is 332. The van der Waals surface area contributed by atoms with Gasteiger partial charge in [0.25, 0.3) is 0 Å². The normalized spacial score (nSPS) is 10.9. The Kier molecular flexibility index (Phi) is 5.01. The van der Waals surface area contributed by atoms with E-state index in [0.717, 1.165) is 0 Å². The molecule has 0 bridgehead atoms. The highest BCUT2D eigenvalue weighted by Gasteiger charge is 2.07. The maximum absolute atomic E-state index is 10.5. The summed E-state index contributed by atoms with van der Waals surface area (Å²) >= 11 is 0. The zero-order chi connectivity index (χ0) is 12.0. The van der Waals surface area contributed by atoms with Crippen molar-refractivity contribution in [2.45, 2.75) is 26.5 Å². The highest BCUT2D eigenvalue weighted by atomic mass is 16.5. The van der Waals surface area contributed by atoms with Crippen molar-refractivity contribution in [3.05, 3.63) is 23.7 Å². The first kappa shape index (κ1) is 12.7. The summed E-state index contributed by atoms with van der Waals surface area (Å²) in [6, 6.07) is 3.10. The molecule has 5 nitrogen and oxygen atoms in total. The van der Waals surface area contributed by atoms with Crippen molar-refractivity contribution in [3.8, 4) is 0 Å². The lowest BCUT2D eigenvalue weighted by atomic mass is 10.4. The second kappa shape index (κ2) is 6.30. The van der Waals surface area contributed by atoms with Crippen molar-refractivity contribution in [1.82, 2.24) is 5.32 Å². The van der Waals surface area contributed by atoms with Crippen molar-refractivity contribution in [2.75, 3.05) is 13.2 Å². The van der Waals surface area contributed by atoms with Gasteiger partial charge in [0.05, 0.1) is 19.3 Å². The average Bonchev–Trinajstić information content (AvgIpc) is 2.65. The number of rotatable bonds is 7. The molecule has 0 unspecified atom stereocenters. The Hall–Kier alpha value is -1.33. The zero-order valence-electron chi connectivity index (χ0n) is 9.53. The van der Waals surface area contributed by atoms with Gasteiger partial charge in [-0.15, -0.1) is 0 Å². The van der Waals surface area contributed by atoms with E-state index in [1.807, 2.05) is 13.8 Å². The Morgan fingerprint density at radius 1 is 1.56 bits per heavy atom. The highest BCUT2D eigenvalue weighted by molar-refractivity contribution is 5.84. The number of carbonyl (C=O) groups is 1. The molecule has 0 aliphatic heterocycles. The second-order valence-electron chi connectivity index (χ2n) is 3.67. The van der Waals surface area contributed by atoms with E-state index < -0.39 is 5.97 Å². The second-order valence-corrected chi connectivity index (χ2v) is 3.67. The number of ether oxygens (including phenoxy) is 1. The van der Waals surface area contributed by atoms with Gasteiger partial charge in [-0.2, -0.15) is 0 Å². The summed E-state index contributed by atoms with van der Waals surface area (Å²) in [4.78, 5) is 10.5. The van der Waals surface area contributed by atoms with Crippen LogP contribution in [0.5, 0.6) is 0 Å². The fourth-order valence-corrected chi connectivity index (χ4v) is 1.17. The van der Waals surface area contributed by atoms with Crippen LogP contribution in [0.25, 0.3) is 0 Å². The minimum atomic E-state index is -1.05. The van der Waals surface area contributed by atoms with Gasteiger partial charge in [0.15, 0.2) is 0 Å². The fourth-order valence-electron chi connectivity index (χ4n) is 1.17. The summed E-state index contributed by atoms with van der Waals surface area (Å²) in [5.41, 5.74) is 0. The van der Waals surface area contributed by atoms with E-state index in [-0.39, 0.29) is 11.9 Å². The molecule has 90 valence electrons. The molecule has 0 aliphatic rings. The van der Waals surface area contributed by atoms with E-state index in [1.54, 1.807) is 6.07 Å². The maximum Gasteiger partial charge on any atom is 0.371 e. The number of carboxylic acid groups (broad SMARTS) is 1. The first-order valence-electron chi connectivity index (χ1n) is 5.24. The van der Waals surface area contributed by atoms with Gasteiger partial charge < -0.3 is 19.6 Å². The minimum Gasteiger partial charge on any atom is -0.475 e. The molecule has 0 fully saturated rings. The number of hydrogen-bond acceptors (Lipinski definition) is 4. The van der Waals surface area contributed by atoms with E-state index in [1.165, 1.54) is 6.07 Å². The van der Waals surface area contributed by atoms with Crippen molar-refractivity contribution < 1.29 is 19.1 Å². The van der Waals surface area contributed by atoms with Crippen LogP contribution in [0.2, 0.25) is 0 Å². The molecule has 0 amide bonds. The quantitative estimate of drug-likeness (QED) is 0.690. The Morgan fingerprint density at radius 2 is 2.31 bits per heavy atom. The van der Waals surface area contributed by atoms with Gasteiger partial charge >= 0.3 is 5.97 Å². The third-order valence-corrected chi connectivity index (χ3v) is 1.90. The maximum atomic E-state index is 10.5. The van der Waals surface area contributed by atoms with Crippen LogP contribution in [-0.2, 0) is 11.3 Å². The summed E-state index contributed by atoms with van der Waals surface area (Å²) in [5, 5.41) is 11.7. The molecule has 1 rings (SSSR count). The topological polar surface area (TPSA) is 71.7 Å².